The van der Waals surface area contributed by atoms with Crippen LogP contribution in [0.2, 0.25) is 0 Å². The van der Waals surface area contributed by atoms with Crippen molar-refractivity contribution in [3.63, 3.8) is 0 Å². The Labute approximate surface area is 310 Å². The molecule has 0 aliphatic carbocycles. The van der Waals surface area contributed by atoms with Crippen molar-refractivity contribution in [2.75, 3.05) is 0 Å². The van der Waals surface area contributed by atoms with Gasteiger partial charge in [-0.15, -0.1) is 0 Å². The molecule has 0 unspecified atom stereocenters. The van der Waals surface area contributed by atoms with Crippen molar-refractivity contribution in [1.82, 2.24) is 0 Å². The highest BCUT2D eigenvalue weighted by Crippen LogP contribution is 2.47. The molecule has 0 spiro atoms. The number of furan rings is 2. The van der Waals surface area contributed by atoms with E-state index in [-0.39, 0.29) is 0 Å². The molecule has 2 nitrogen and oxygen atoms in total. The third-order valence-corrected chi connectivity index (χ3v) is 11.4. The summed E-state index contributed by atoms with van der Waals surface area (Å²) in [5, 5.41) is 14.2. The van der Waals surface area contributed by atoms with Gasteiger partial charge in [0, 0.05) is 21.5 Å². The lowest BCUT2D eigenvalue weighted by atomic mass is 9.84. The molecule has 0 aliphatic heterocycles. The number of hydrogen-bond acceptors (Lipinski definition) is 2. The summed E-state index contributed by atoms with van der Waals surface area (Å²) < 4.78 is 12.7. The summed E-state index contributed by atoms with van der Waals surface area (Å²) in [5.41, 5.74) is 11.0. The van der Waals surface area contributed by atoms with Crippen molar-refractivity contribution in [1.29, 1.82) is 0 Å². The van der Waals surface area contributed by atoms with Crippen LogP contribution in [0.4, 0.5) is 0 Å². The van der Waals surface area contributed by atoms with E-state index in [4.69, 9.17) is 8.83 Å². The summed E-state index contributed by atoms with van der Waals surface area (Å²) in [6, 6.07) is 65.7. The first-order chi connectivity index (χ1) is 26.8. The molecule has 0 bridgehead atoms. The number of benzene rings is 10. The molecule has 0 saturated heterocycles. The van der Waals surface area contributed by atoms with Crippen molar-refractivity contribution in [3.8, 4) is 33.4 Å². The summed E-state index contributed by atoms with van der Waals surface area (Å²) in [7, 11) is 0. The zero-order valence-corrected chi connectivity index (χ0v) is 29.1. The monoisotopic (exact) mass is 686 g/mol. The average Bonchev–Trinajstić information content (AvgIpc) is 3.77. The first kappa shape index (κ1) is 29.4. The van der Waals surface area contributed by atoms with Gasteiger partial charge in [-0.2, -0.15) is 0 Å². The fraction of sp³-hybridized carbons (Fsp3) is 0. The van der Waals surface area contributed by atoms with Gasteiger partial charge in [0.25, 0.3) is 0 Å². The predicted octanol–water partition coefficient (Wildman–Crippen LogP) is 15.1. The van der Waals surface area contributed by atoms with E-state index in [2.05, 4.69) is 170 Å². The predicted molar refractivity (Wildman–Crippen MR) is 227 cm³/mol. The molecule has 0 saturated carbocycles. The quantitative estimate of drug-likeness (QED) is 0.173. The fourth-order valence-corrected chi connectivity index (χ4v) is 9.01. The summed E-state index contributed by atoms with van der Waals surface area (Å²) in [6.07, 6.45) is 0. The molecular formula is C52H30O2. The number of rotatable bonds is 3. The van der Waals surface area contributed by atoms with Gasteiger partial charge in [-0.3, -0.25) is 0 Å². The van der Waals surface area contributed by atoms with E-state index < -0.39 is 0 Å². The standard InChI is InChI=1S/C52H30O2/c1-2-12-31(13-3-1)51-39-17-6-8-19-41(39)52(42-20-9-7-18-40(42)51)43-24-23-35(36-14-4-5-15-37(36)43)32-22-25-48-45(26-32)46-28-34-29-49-44(27-33(34)30-50(46)54-48)38-16-10-11-21-47(38)53-49/h1-30H. The van der Waals surface area contributed by atoms with E-state index in [9.17, 15) is 0 Å². The Balaban J connectivity index is 1.06. The van der Waals surface area contributed by atoms with Crippen molar-refractivity contribution in [3.05, 3.63) is 182 Å². The Morgan fingerprint density at radius 2 is 0.704 bits per heavy atom. The first-order valence-electron chi connectivity index (χ1n) is 18.5. The highest BCUT2D eigenvalue weighted by Gasteiger charge is 2.20. The van der Waals surface area contributed by atoms with Crippen LogP contribution in [0.15, 0.2) is 191 Å². The van der Waals surface area contributed by atoms with Crippen molar-refractivity contribution >= 4 is 87.0 Å². The van der Waals surface area contributed by atoms with E-state index in [0.29, 0.717) is 0 Å². The van der Waals surface area contributed by atoms with Crippen LogP contribution in [0, 0.1) is 0 Å². The van der Waals surface area contributed by atoms with Crippen LogP contribution in [-0.2, 0) is 0 Å². The van der Waals surface area contributed by atoms with Gasteiger partial charge in [0.2, 0.25) is 0 Å². The maximum atomic E-state index is 6.50. The Bertz CT molecular complexity index is 3430. The molecule has 12 aromatic rings. The maximum Gasteiger partial charge on any atom is 0.136 e. The molecule has 54 heavy (non-hydrogen) atoms. The molecule has 0 amide bonds. The van der Waals surface area contributed by atoms with Gasteiger partial charge in [-0.25, -0.2) is 0 Å². The zero-order valence-electron chi connectivity index (χ0n) is 29.1. The molecular weight excluding hydrogens is 657 g/mol. The molecule has 2 heteroatoms. The third kappa shape index (κ3) is 4.22. The van der Waals surface area contributed by atoms with Gasteiger partial charge in [0.1, 0.15) is 22.3 Å². The summed E-state index contributed by atoms with van der Waals surface area (Å²) in [6.45, 7) is 0. The molecule has 10 aromatic carbocycles. The van der Waals surface area contributed by atoms with Gasteiger partial charge in [0.05, 0.1) is 0 Å². The molecule has 0 fully saturated rings. The lowest BCUT2D eigenvalue weighted by Gasteiger charge is -2.19. The molecule has 2 aromatic heterocycles. The Morgan fingerprint density at radius 1 is 0.241 bits per heavy atom. The Morgan fingerprint density at radius 3 is 1.35 bits per heavy atom. The van der Waals surface area contributed by atoms with Crippen molar-refractivity contribution in [2.45, 2.75) is 0 Å². The molecule has 12 rings (SSSR count). The molecule has 2 heterocycles. The lowest BCUT2D eigenvalue weighted by molar-refractivity contribution is 0.668. The van der Waals surface area contributed by atoms with E-state index >= 15 is 0 Å². The summed E-state index contributed by atoms with van der Waals surface area (Å²) in [4.78, 5) is 0. The van der Waals surface area contributed by atoms with Crippen LogP contribution < -0.4 is 0 Å². The second kappa shape index (κ2) is 11.2. The van der Waals surface area contributed by atoms with Crippen LogP contribution in [0.25, 0.3) is 120 Å². The van der Waals surface area contributed by atoms with Crippen molar-refractivity contribution in [2.24, 2.45) is 0 Å². The van der Waals surface area contributed by atoms with Crippen LogP contribution in [0.5, 0.6) is 0 Å². The second-order valence-corrected chi connectivity index (χ2v) is 14.4. The summed E-state index contributed by atoms with van der Waals surface area (Å²) >= 11 is 0. The zero-order chi connectivity index (χ0) is 35.3. The molecule has 250 valence electrons. The number of fused-ring (bicyclic) bond motifs is 10. The number of para-hydroxylation sites is 1. The van der Waals surface area contributed by atoms with E-state index in [0.717, 1.165) is 60.2 Å². The normalized spacial score (nSPS) is 12.1. The molecule has 0 aliphatic rings. The van der Waals surface area contributed by atoms with E-state index in [1.165, 1.54) is 60.1 Å². The average molecular weight is 687 g/mol. The highest BCUT2D eigenvalue weighted by atomic mass is 16.3. The van der Waals surface area contributed by atoms with E-state index in [1.807, 2.05) is 12.1 Å². The van der Waals surface area contributed by atoms with Crippen LogP contribution in [-0.4, -0.2) is 0 Å². The van der Waals surface area contributed by atoms with Crippen LogP contribution in [0.3, 0.4) is 0 Å². The van der Waals surface area contributed by atoms with Crippen molar-refractivity contribution < 1.29 is 8.83 Å². The van der Waals surface area contributed by atoms with Crippen LogP contribution in [0.1, 0.15) is 0 Å². The van der Waals surface area contributed by atoms with Gasteiger partial charge in [-0.1, -0.05) is 140 Å². The van der Waals surface area contributed by atoms with Gasteiger partial charge in [0.15, 0.2) is 0 Å². The summed E-state index contributed by atoms with van der Waals surface area (Å²) in [5.74, 6) is 0. The third-order valence-electron chi connectivity index (χ3n) is 11.4. The minimum atomic E-state index is 0.885. The highest BCUT2D eigenvalue weighted by molar-refractivity contribution is 6.24. The Kier molecular flexibility index (Phi) is 6.09. The minimum Gasteiger partial charge on any atom is -0.456 e. The van der Waals surface area contributed by atoms with Gasteiger partial charge < -0.3 is 8.83 Å². The lowest BCUT2D eigenvalue weighted by Crippen LogP contribution is -1.92. The van der Waals surface area contributed by atoms with Crippen LogP contribution >= 0.6 is 0 Å². The van der Waals surface area contributed by atoms with E-state index in [1.54, 1.807) is 0 Å². The Hall–Kier alpha value is -7.16. The maximum absolute atomic E-state index is 6.50. The smallest absolute Gasteiger partial charge is 0.136 e. The van der Waals surface area contributed by atoms with Gasteiger partial charge in [-0.05, 0) is 119 Å². The largest absolute Gasteiger partial charge is 0.456 e. The topological polar surface area (TPSA) is 26.3 Å². The second-order valence-electron chi connectivity index (χ2n) is 14.4. The molecule has 0 N–H and O–H groups in total. The number of hydrogen-bond donors (Lipinski definition) is 0. The SMILES string of the molecule is c1ccc(-c2c3ccccc3c(-c3ccc(-c4ccc5oc6cc7cc8c(cc7cc6c5c4)oc4ccccc48)c4ccccc34)c3ccccc23)cc1. The fourth-order valence-electron chi connectivity index (χ4n) is 9.01. The van der Waals surface area contributed by atoms with Gasteiger partial charge >= 0.3 is 0 Å². The molecule has 0 atom stereocenters. The first-order valence-corrected chi connectivity index (χ1v) is 18.5. The minimum absolute atomic E-state index is 0.885. The molecule has 0 radical (unpaired) electrons.